The lowest BCUT2D eigenvalue weighted by atomic mass is 10.0. The van der Waals surface area contributed by atoms with Crippen molar-refractivity contribution in [3.05, 3.63) is 124 Å². The van der Waals surface area contributed by atoms with Crippen LogP contribution in [0.1, 0.15) is 35.6 Å². The second-order valence-corrected chi connectivity index (χ2v) is 10.9. The van der Waals surface area contributed by atoms with Gasteiger partial charge in [0.25, 0.3) is 0 Å². The molecular weight excluding hydrogens is 510 g/mol. The molecule has 2 aliphatic rings. The Labute approximate surface area is 239 Å². The summed E-state index contributed by atoms with van der Waals surface area (Å²) in [6.07, 6.45) is 1.93. The van der Waals surface area contributed by atoms with Crippen molar-refractivity contribution in [2.24, 2.45) is 4.99 Å². The van der Waals surface area contributed by atoms with Crippen LogP contribution >= 0.6 is 0 Å². The highest BCUT2D eigenvalue weighted by atomic mass is 16.5. The second-order valence-electron chi connectivity index (χ2n) is 10.9. The maximum atomic E-state index is 12.7. The molecule has 7 nitrogen and oxygen atoms in total. The summed E-state index contributed by atoms with van der Waals surface area (Å²) >= 11 is 0. The number of H-pyrrole nitrogens is 1. The highest BCUT2D eigenvalue weighted by Crippen LogP contribution is 2.34. The Bertz CT molecular complexity index is 1760. The fraction of sp³-hybridized carbons (Fsp3) is 0.235. The Kier molecular flexibility index (Phi) is 6.65. The second kappa shape index (κ2) is 10.7. The molecule has 0 atom stereocenters. The maximum absolute atomic E-state index is 12.7. The van der Waals surface area contributed by atoms with Gasteiger partial charge in [-0.25, -0.2) is 9.79 Å². The van der Waals surface area contributed by atoms with Crippen LogP contribution < -0.4 is 15.3 Å². The number of benzene rings is 4. The molecular formula is C34H33N5O2. The normalized spacial score (nSPS) is 16.0. The molecule has 4 aromatic carbocycles. The van der Waals surface area contributed by atoms with Crippen molar-refractivity contribution in [3.63, 3.8) is 0 Å². The van der Waals surface area contributed by atoms with Gasteiger partial charge in [0, 0.05) is 42.5 Å². The van der Waals surface area contributed by atoms with Gasteiger partial charge in [0.05, 0.1) is 30.4 Å². The molecule has 1 saturated heterocycles. The number of nitrogens with one attached hydrogen (secondary N) is 1. The van der Waals surface area contributed by atoms with E-state index in [1.54, 1.807) is 7.11 Å². The lowest BCUT2D eigenvalue weighted by Crippen LogP contribution is -2.36. The number of aliphatic imine (C=N–C) groups is 1. The highest BCUT2D eigenvalue weighted by molar-refractivity contribution is 6.12. The van der Waals surface area contributed by atoms with Gasteiger partial charge < -0.3 is 14.6 Å². The topological polar surface area (TPSA) is 65.9 Å². The van der Waals surface area contributed by atoms with E-state index in [0.29, 0.717) is 0 Å². The first-order chi connectivity index (χ1) is 20.2. The molecule has 1 fully saturated rings. The number of fused-ring (bicyclic) bond motifs is 2. The van der Waals surface area contributed by atoms with Gasteiger partial charge in [0.1, 0.15) is 11.6 Å². The largest absolute Gasteiger partial charge is 0.497 e. The van der Waals surface area contributed by atoms with Crippen LogP contribution in [0.25, 0.3) is 11.0 Å². The van der Waals surface area contributed by atoms with Gasteiger partial charge in [-0.05, 0) is 60.9 Å². The number of imidazole rings is 1. The number of hydrogen-bond donors (Lipinski definition) is 1. The van der Waals surface area contributed by atoms with E-state index in [1.165, 1.54) is 5.56 Å². The molecule has 0 aliphatic carbocycles. The summed E-state index contributed by atoms with van der Waals surface area (Å²) in [6, 6.07) is 33.5. The van der Waals surface area contributed by atoms with Gasteiger partial charge in [-0.1, -0.05) is 54.6 Å². The van der Waals surface area contributed by atoms with Crippen molar-refractivity contribution >= 4 is 28.2 Å². The highest BCUT2D eigenvalue weighted by Gasteiger charge is 2.25. The summed E-state index contributed by atoms with van der Waals surface area (Å²) in [5.74, 6) is 1.79. The molecule has 0 spiro atoms. The zero-order valence-corrected chi connectivity index (χ0v) is 23.2. The summed E-state index contributed by atoms with van der Waals surface area (Å²) in [5.41, 5.74) is 7.53. The number of aromatic nitrogens is 2. The smallest absolute Gasteiger partial charge is 0.326 e. The lowest BCUT2D eigenvalue weighted by molar-refractivity contribution is 0.180. The van der Waals surface area contributed by atoms with E-state index in [0.717, 1.165) is 84.1 Å². The third-order valence-electron chi connectivity index (χ3n) is 8.33. The summed E-state index contributed by atoms with van der Waals surface area (Å²) in [4.78, 5) is 25.5. The lowest BCUT2D eigenvalue weighted by Gasteiger charge is -2.33. The predicted octanol–water partition coefficient (Wildman–Crippen LogP) is 6.27. The third kappa shape index (κ3) is 4.93. The van der Waals surface area contributed by atoms with Gasteiger partial charge in [-0.3, -0.25) is 9.47 Å². The van der Waals surface area contributed by atoms with Crippen LogP contribution in [0.5, 0.6) is 5.75 Å². The molecule has 2 aliphatic heterocycles. The zero-order valence-electron chi connectivity index (χ0n) is 23.2. The van der Waals surface area contributed by atoms with E-state index >= 15 is 0 Å². The molecule has 0 amide bonds. The Balaban J connectivity index is 1.07. The number of nitrogens with zero attached hydrogens (tertiary/aromatic N) is 4. The van der Waals surface area contributed by atoms with E-state index in [9.17, 15) is 4.79 Å². The SMILES string of the molecule is COc1ccc2c(c1)CN(c1ccc(CN3CCC(n4c(=O)[nH]c5ccccc54)CC3)cc1)C(c1ccccc1)=N2. The summed E-state index contributed by atoms with van der Waals surface area (Å²) in [5, 5.41) is 0. The Hall–Kier alpha value is -4.62. The molecule has 7 rings (SSSR count). The average Bonchev–Trinajstić information content (AvgIpc) is 3.37. The number of aromatic amines is 1. The first-order valence-corrected chi connectivity index (χ1v) is 14.3. The summed E-state index contributed by atoms with van der Waals surface area (Å²) < 4.78 is 7.44. The van der Waals surface area contributed by atoms with Gasteiger partial charge >= 0.3 is 5.69 Å². The van der Waals surface area contributed by atoms with Crippen LogP contribution in [0.3, 0.4) is 0 Å². The molecule has 41 heavy (non-hydrogen) atoms. The molecule has 0 saturated carbocycles. The van der Waals surface area contributed by atoms with Crippen molar-refractivity contribution in [2.45, 2.75) is 32.0 Å². The number of para-hydroxylation sites is 2. The van der Waals surface area contributed by atoms with E-state index in [-0.39, 0.29) is 11.7 Å². The van der Waals surface area contributed by atoms with E-state index < -0.39 is 0 Å². The van der Waals surface area contributed by atoms with Gasteiger partial charge in [-0.15, -0.1) is 0 Å². The third-order valence-corrected chi connectivity index (χ3v) is 8.33. The molecule has 1 N–H and O–H groups in total. The number of ether oxygens (including phenoxy) is 1. The van der Waals surface area contributed by atoms with Gasteiger partial charge in [0.15, 0.2) is 0 Å². The van der Waals surface area contributed by atoms with Gasteiger partial charge in [0.2, 0.25) is 0 Å². The minimum absolute atomic E-state index is 0.00238. The van der Waals surface area contributed by atoms with E-state index in [1.807, 2.05) is 47.0 Å². The Morgan fingerprint density at radius 3 is 2.44 bits per heavy atom. The number of anilines is 1. The fourth-order valence-corrected chi connectivity index (χ4v) is 6.18. The van der Waals surface area contributed by atoms with Crippen LogP contribution in [0, 0.1) is 0 Å². The number of amidine groups is 1. The summed E-state index contributed by atoms with van der Waals surface area (Å²) in [7, 11) is 1.70. The molecule has 7 heteroatoms. The molecule has 5 aromatic rings. The van der Waals surface area contributed by atoms with E-state index in [4.69, 9.17) is 9.73 Å². The quantitative estimate of drug-likeness (QED) is 0.274. The summed E-state index contributed by atoms with van der Waals surface area (Å²) in [6.45, 7) is 3.55. The number of hydrogen-bond acceptors (Lipinski definition) is 5. The first-order valence-electron chi connectivity index (χ1n) is 14.3. The van der Waals surface area contributed by atoms with Crippen molar-refractivity contribution in [1.29, 1.82) is 0 Å². The molecule has 0 unspecified atom stereocenters. The van der Waals surface area contributed by atoms with Crippen molar-refractivity contribution in [3.8, 4) is 5.75 Å². The van der Waals surface area contributed by atoms with Crippen LogP contribution in [0.2, 0.25) is 0 Å². The van der Waals surface area contributed by atoms with Crippen LogP contribution in [0.15, 0.2) is 107 Å². The molecule has 3 heterocycles. The monoisotopic (exact) mass is 543 g/mol. The average molecular weight is 544 g/mol. The van der Waals surface area contributed by atoms with Crippen molar-refractivity contribution < 1.29 is 4.74 Å². The standard InChI is InChI=1S/C34H33N5O2/c1-41-29-15-16-30-26(21-29)23-38(33(35-30)25-7-3-2-4-8-25)27-13-11-24(12-14-27)22-37-19-17-28(18-20-37)39-32-10-6-5-9-31(32)36-34(39)40/h2-16,21,28H,17-20,22-23H2,1H3,(H,36,40). The van der Waals surface area contributed by atoms with Gasteiger partial charge in [-0.2, -0.15) is 0 Å². The Morgan fingerprint density at radius 1 is 0.902 bits per heavy atom. The maximum Gasteiger partial charge on any atom is 0.326 e. The minimum Gasteiger partial charge on any atom is -0.497 e. The van der Waals surface area contributed by atoms with Crippen LogP contribution in [0.4, 0.5) is 11.4 Å². The molecule has 0 radical (unpaired) electrons. The van der Waals surface area contributed by atoms with Crippen molar-refractivity contribution in [1.82, 2.24) is 14.5 Å². The van der Waals surface area contributed by atoms with Crippen LogP contribution in [-0.2, 0) is 13.1 Å². The number of piperidine rings is 1. The minimum atomic E-state index is -0.00238. The predicted molar refractivity (Wildman–Crippen MR) is 164 cm³/mol. The van der Waals surface area contributed by atoms with Crippen molar-refractivity contribution in [2.75, 3.05) is 25.1 Å². The number of rotatable bonds is 6. The Morgan fingerprint density at radius 2 is 1.66 bits per heavy atom. The fourth-order valence-electron chi connectivity index (χ4n) is 6.18. The molecule has 0 bridgehead atoms. The number of likely N-dealkylation sites (tertiary alicyclic amines) is 1. The first kappa shape index (κ1) is 25.4. The van der Waals surface area contributed by atoms with Crippen LogP contribution in [-0.4, -0.2) is 40.5 Å². The van der Waals surface area contributed by atoms with E-state index in [2.05, 4.69) is 69.4 Å². The molecule has 1 aromatic heterocycles. The number of methoxy groups -OCH3 is 1. The molecule has 206 valence electrons. The zero-order chi connectivity index (χ0) is 27.8.